The molecule has 6 aromatic heterocycles. The second kappa shape index (κ2) is 23.2. The molecule has 3 N–H and O–H groups in total. The van der Waals surface area contributed by atoms with Gasteiger partial charge in [-0.1, -0.05) is 0 Å². The van der Waals surface area contributed by atoms with Gasteiger partial charge in [0.1, 0.15) is 67.4 Å². The molecule has 10 aromatic rings. The van der Waals surface area contributed by atoms with Gasteiger partial charge in [0.05, 0.1) is 25.3 Å². The van der Waals surface area contributed by atoms with E-state index < -0.39 is 17.2 Å². The summed E-state index contributed by atoms with van der Waals surface area (Å²) in [5.74, 6) is 2.46. The second-order valence-electron chi connectivity index (χ2n) is 19.7. The number of fused-ring (bicyclic) bond motifs is 4. The first kappa shape index (κ1) is 53.2. The van der Waals surface area contributed by atoms with Gasteiger partial charge in [-0.05, 0) is 83.1 Å². The molecule has 2 aliphatic rings. The van der Waals surface area contributed by atoms with Gasteiger partial charge in [0.25, 0.3) is 0 Å². The number of piperidine rings is 2. The lowest BCUT2D eigenvalue weighted by atomic mass is 10.1. The van der Waals surface area contributed by atoms with E-state index in [0.717, 1.165) is 31.3 Å². The lowest BCUT2D eigenvalue weighted by Crippen LogP contribution is -2.44. The molecule has 8 heterocycles. The predicted molar refractivity (Wildman–Crippen MR) is 291 cm³/mol. The average Bonchev–Trinajstić information content (AvgIpc) is 4.16. The van der Waals surface area contributed by atoms with Crippen LogP contribution < -0.4 is 44.4 Å². The Morgan fingerprint density at radius 1 is 0.580 bits per heavy atom. The van der Waals surface area contributed by atoms with Crippen LogP contribution in [0.25, 0.3) is 33.1 Å². The third-order valence-corrected chi connectivity index (χ3v) is 13.0. The van der Waals surface area contributed by atoms with Crippen molar-refractivity contribution in [1.29, 1.82) is 0 Å². The molecule has 0 spiro atoms. The summed E-state index contributed by atoms with van der Waals surface area (Å²) in [6.07, 6.45) is 11.6. The summed E-state index contributed by atoms with van der Waals surface area (Å²) in [4.78, 5) is 40.0. The minimum atomic E-state index is -0.597. The lowest BCUT2D eigenvalue weighted by Gasteiger charge is -2.33. The fraction of sp³-hybridized carbons (Fsp3) is 0.291. The molecule has 0 saturated carbocycles. The van der Waals surface area contributed by atoms with Crippen LogP contribution in [0.1, 0.15) is 46.5 Å². The van der Waals surface area contributed by atoms with Crippen LogP contribution in [0.2, 0.25) is 0 Å². The van der Waals surface area contributed by atoms with Crippen LogP contribution in [0.15, 0.2) is 111 Å². The number of hydrogen-bond donors (Lipinski definition) is 3. The molecule has 0 atom stereocenters. The highest BCUT2D eigenvalue weighted by Gasteiger charge is 2.29. The molecule has 0 unspecified atom stereocenters. The van der Waals surface area contributed by atoms with Crippen LogP contribution in [0, 0.1) is 11.6 Å². The van der Waals surface area contributed by atoms with Crippen molar-refractivity contribution in [3.05, 3.63) is 122 Å². The van der Waals surface area contributed by atoms with Gasteiger partial charge in [-0.2, -0.15) is 0 Å². The maximum atomic E-state index is 15.1. The number of amides is 1. The summed E-state index contributed by atoms with van der Waals surface area (Å²) in [7, 11) is 3.16. The third-order valence-electron chi connectivity index (χ3n) is 13.0. The van der Waals surface area contributed by atoms with E-state index in [9.17, 15) is 9.18 Å². The molecule has 2 aliphatic heterocycles. The Morgan fingerprint density at radius 3 is 1.52 bits per heavy atom. The van der Waals surface area contributed by atoms with Crippen molar-refractivity contribution in [3.8, 4) is 46.3 Å². The smallest absolute Gasteiger partial charge is 0.410 e. The number of benzene rings is 4. The van der Waals surface area contributed by atoms with Crippen molar-refractivity contribution in [2.75, 3.05) is 51.0 Å². The zero-order valence-corrected chi connectivity index (χ0v) is 44.5. The normalized spacial score (nSPS) is 14.1. The van der Waals surface area contributed by atoms with Gasteiger partial charge in [0.2, 0.25) is 11.8 Å². The van der Waals surface area contributed by atoms with E-state index in [2.05, 4.69) is 66.2 Å². The molecule has 1 amide bonds. The third kappa shape index (κ3) is 12.5. The minimum absolute atomic E-state index is 0.00222. The van der Waals surface area contributed by atoms with Gasteiger partial charge in [0.15, 0.2) is 57.4 Å². The predicted octanol–water partition coefficient (Wildman–Crippen LogP) is 9.41. The molecule has 2 saturated heterocycles. The number of carbonyl (C=O) groups excluding carboxylic acids is 1. The van der Waals surface area contributed by atoms with Crippen molar-refractivity contribution >= 4 is 62.2 Å². The van der Waals surface area contributed by atoms with Crippen LogP contribution in [-0.2, 0) is 4.74 Å². The largest absolute Gasteiger partial charge is 0.493 e. The molecule has 24 nitrogen and oxygen atoms in total. The Balaban J connectivity index is 0.000000173. The molecule has 26 heteroatoms. The van der Waals surface area contributed by atoms with E-state index in [-0.39, 0.29) is 41.6 Å². The molecule has 2 fully saturated rings. The number of nitrogens with zero attached hydrogens (tertiary/aromatic N) is 13. The van der Waals surface area contributed by atoms with Crippen molar-refractivity contribution in [1.82, 2.24) is 69.3 Å². The maximum absolute atomic E-state index is 15.1. The number of anilines is 4. The first-order chi connectivity index (χ1) is 39.3. The Morgan fingerprint density at radius 2 is 1.06 bits per heavy atom. The number of aromatic nitrogens is 12. The molecular formula is C55H54F2N16O8. The van der Waals surface area contributed by atoms with Gasteiger partial charge in [0, 0.05) is 84.5 Å². The number of methoxy groups -OCH3 is 2. The SMILES string of the molecule is COc1cc2ncnc(Nc3ccc(Oc4cc5nncn5cn4)c(F)c3)c2cc1OC1CCN(C(=O)OC(C)(C)C)CC1.COc1cc2ncnc(Nc3ccc(Oc4cc5nncn5cn4)c(F)c3)c2cc1OC1CCNCC1. The van der Waals surface area contributed by atoms with Crippen molar-refractivity contribution in [2.45, 2.75) is 64.3 Å². The lowest BCUT2D eigenvalue weighted by molar-refractivity contribution is 0.0124. The van der Waals surface area contributed by atoms with Crippen molar-refractivity contribution in [3.63, 3.8) is 0 Å². The molecule has 0 aliphatic carbocycles. The molecule has 4 aromatic carbocycles. The summed E-state index contributed by atoms with van der Waals surface area (Å²) in [5.41, 5.74) is 2.73. The fourth-order valence-corrected chi connectivity index (χ4v) is 8.94. The van der Waals surface area contributed by atoms with E-state index in [4.69, 9.17) is 33.2 Å². The number of likely N-dealkylation sites (tertiary alicyclic amines) is 1. The highest BCUT2D eigenvalue weighted by atomic mass is 19.1. The average molecular weight is 1110 g/mol. The van der Waals surface area contributed by atoms with Crippen LogP contribution in [-0.4, -0.2) is 128 Å². The number of halogens is 2. The molecule has 0 bridgehead atoms. The second-order valence-corrected chi connectivity index (χ2v) is 19.7. The van der Waals surface area contributed by atoms with Crippen LogP contribution in [0.4, 0.5) is 36.6 Å². The highest BCUT2D eigenvalue weighted by molar-refractivity contribution is 5.94. The van der Waals surface area contributed by atoms with E-state index in [1.54, 1.807) is 64.3 Å². The maximum Gasteiger partial charge on any atom is 0.410 e. The molecular weight excluding hydrogens is 1050 g/mol. The summed E-state index contributed by atoms with van der Waals surface area (Å²) in [6, 6.07) is 19.4. The number of carbonyl (C=O) groups is 1. The quantitative estimate of drug-likeness (QED) is 0.0915. The summed E-state index contributed by atoms with van der Waals surface area (Å²) in [6.45, 7) is 8.39. The van der Waals surface area contributed by atoms with Crippen LogP contribution in [0.3, 0.4) is 0 Å². The zero-order chi connectivity index (χ0) is 56.0. The van der Waals surface area contributed by atoms with E-state index >= 15 is 4.39 Å². The van der Waals surface area contributed by atoms with Crippen LogP contribution >= 0.6 is 0 Å². The molecule has 12 rings (SSSR count). The standard InChI is InChI=1S/C30H31FN8O5.C25H23FN8O3/c1-30(2,3)44-29(40)38-9-7-19(8-10-38)42-25-12-20-22(13-24(25)41-4)32-15-33-28(20)36-18-5-6-23(21(31)11-18)43-27-14-26-37-35-17-39(26)16-34-27;1-35-21-10-19-17(9-22(21)36-16-4-6-27-7-5-16)25(29-12-28-19)32-15-2-3-20(18(26)8-15)37-24-11-23-33-31-14-34(23)13-30-24/h5-6,11-17,19H,7-10H2,1-4H3,(H,32,33,36);2-3,8-14,16,27H,4-7H2,1H3,(H,28,29,32). The number of hydrogen-bond acceptors (Lipinski definition) is 21. The highest BCUT2D eigenvalue weighted by Crippen LogP contribution is 2.39. The first-order valence-corrected chi connectivity index (χ1v) is 25.8. The fourth-order valence-electron chi connectivity index (χ4n) is 8.94. The molecule has 81 heavy (non-hydrogen) atoms. The number of ether oxygens (including phenoxy) is 7. The van der Waals surface area contributed by atoms with Gasteiger partial charge < -0.3 is 54.0 Å². The Kier molecular flexibility index (Phi) is 15.3. The van der Waals surface area contributed by atoms with Gasteiger partial charge in [-0.3, -0.25) is 8.80 Å². The zero-order valence-electron chi connectivity index (χ0n) is 44.5. The van der Waals surface area contributed by atoms with E-state index in [1.165, 1.54) is 62.2 Å². The van der Waals surface area contributed by atoms with Crippen LogP contribution in [0.5, 0.6) is 46.3 Å². The van der Waals surface area contributed by atoms with E-state index in [1.807, 2.05) is 32.9 Å². The minimum Gasteiger partial charge on any atom is -0.493 e. The summed E-state index contributed by atoms with van der Waals surface area (Å²) < 4.78 is 73.7. The monoisotopic (exact) mass is 1100 g/mol. The van der Waals surface area contributed by atoms with E-state index in [0.29, 0.717) is 99.7 Å². The van der Waals surface area contributed by atoms with Crippen molar-refractivity contribution in [2.24, 2.45) is 0 Å². The topological polar surface area (TPSA) is 259 Å². The Labute approximate surface area is 460 Å². The molecule has 416 valence electrons. The molecule has 0 radical (unpaired) electrons. The van der Waals surface area contributed by atoms with Gasteiger partial charge in [-0.25, -0.2) is 43.5 Å². The Bertz CT molecular complexity index is 3890. The first-order valence-electron chi connectivity index (χ1n) is 25.8. The van der Waals surface area contributed by atoms with Crippen molar-refractivity contribution < 1.29 is 46.7 Å². The number of rotatable bonds is 14. The summed E-state index contributed by atoms with van der Waals surface area (Å²) >= 11 is 0. The Hall–Kier alpha value is -9.85. The van der Waals surface area contributed by atoms with Gasteiger partial charge in [-0.15, -0.1) is 20.4 Å². The number of nitrogens with one attached hydrogen (secondary N) is 3. The van der Waals surface area contributed by atoms with Gasteiger partial charge >= 0.3 is 6.09 Å². The summed E-state index contributed by atoms with van der Waals surface area (Å²) in [5, 5.41) is 26.5.